The molecular formula is C14H19ClFNO2S. The van der Waals surface area contributed by atoms with Crippen molar-refractivity contribution in [1.82, 2.24) is 4.31 Å². The van der Waals surface area contributed by atoms with Crippen molar-refractivity contribution in [2.24, 2.45) is 0 Å². The summed E-state index contributed by atoms with van der Waals surface area (Å²) < 4.78 is 40.6. The first-order valence-corrected chi connectivity index (χ1v) is 8.79. The number of aryl methyl sites for hydroxylation is 1. The highest BCUT2D eigenvalue weighted by molar-refractivity contribution is 7.89. The first-order valence-electron chi connectivity index (χ1n) is 6.82. The summed E-state index contributed by atoms with van der Waals surface area (Å²) in [4.78, 5) is 0.147. The third-order valence-electron chi connectivity index (χ3n) is 3.65. The second-order valence-corrected chi connectivity index (χ2v) is 7.37. The van der Waals surface area contributed by atoms with Crippen molar-refractivity contribution in [2.45, 2.75) is 43.4 Å². The molecule has 0 saturated carbocycles. The van der Waals surface area contributed by atoms with E-state index >= 15 is 0 Å². The molecule has 0 spiro atoms. The van der Waals surface area contributed by atoms with Gasteiger partial charge in [0.05, 0.1) is 10.8 Å². The maximum absolute atomic E-state index is 13.8. The number of benzene rings is 1. The summed E-state index contributed by atoms with van der Waals surface area (Å²) in [6, 6.07) is 2.75. The highest BCUT2D eigenvalue weighted by atomic mass is 35.5. The Hall–Kier alpha value is -0.650. The molecule has 1 aromatic rings. The minimum Gasteiger partial charge on any atom is -0.207 e. The van der Waals surface area contributed by atoms with Crippen LogP contribution in [0, 0.1) is 12.7 Å². The maximum Gasteiger partial charge on any atom is 0.243 e. The molecule has 0 bridgehead atoms. The van der Waals surface area contributed by atoms with Gasteiger partial charge in [-0.3, -0.25) is 0 Å². The number of sulfonamides is 1. The smallest absolute Gasteiger partial charge is 0.207 e. The van der Waals surface area contributed by atoms with Gasteiger partial charge in [0.2, 0.25) is 10.0 Å². The Kier molecular flexibility index (Phi) is 5.04. The predicted molar refractivity (Wildman–Crippen MR) is 77.9 cm³/mol. The molecule has 0 N–H and O–H groups in total. The summed E-state index contributed by atoms with van der Waals surface area (Å²) in [6.07, 6.45) is 3.87. The summed E-state index contributed by atoms with van der Waals surface area (Å²) in [5.74, 6) is -0.453. The van der Waals surface area contributed by atoms with Crippen LogP contribution in [0.5, 0.6) is 0 Å². The molecule has 1 heterocycles. The van der Waals surface area contributed by atoms with Crippen LogP contribution in [-0.2, 0) is 15.9 Å². The Morgan fingerprint density at radius 2 is 1.80 bits per heavy atom. The van der Waals surface area contributed by atoms with Crippen LogP contribution in [0.15, 0.2) is 17.0 Å². The minimum absolute atomic E-state index is 0.0317. The standard InChI is InChI=1S/C14H19ClFNO2S/c1-11-8-13(9-12(10-15)14(11)16)20(18,19)17-6-4-2-3-5-7-17/h8-9H,2-7,10H2,1H3. The van der Waals surface area contributed by atoms with Crippen LogP contribution < -0.4 is 0 Å². The van der Waals surface area contributed by atoms with Crippen LogP contribution in [0.25, 0.3) is 0 Å². The molecule has 0 radical (unpaired) electrons. The van der Waals surface area contributed by atoms with Crippen molar-refractivity contribution in [3.8, 4) is 0 Å². The van der Waals surface area contributed by atoms with Gasteiger partial charge in [-0.25, -0.2) is 12.8 Å². The van der Waals surface area contributed by atoms with E-state index in [-0.39, 0.29) is 16.3 Å². The topological polar surface area (TPSA) is 37.4 Å². The zero-order chi connectivity index (χ0) is 14.8. The maximum atomic E-state index is 13.8. The van der Waals surface area contributed by atoms with Crippen molar-refractivity contribution in [2.75, 3.05) is 13.1 Å². The normalized spacial score (nSPS) is 17.9. The van der Waals surface area contributed by atoms with Crippen LogP contribution in [0.2, 0.25) is 0 Å². The SMILES string of the molecule is Cc1cc(S(=O)(=O)N2CCCCCC2)cc(CCl)c1F. The van der Waals surface area contributed by atoms with Crippen LogP contribution >= 0.6 is 11.6 Å². The number of halogens is 2. The molecule has 0 unspecified atom stereocenters. The van der Waals surface area contributed by atoms with Crippen molar-refractivity contribution < 1.29 is 12.8 Å². The summed E-state index contributed by atoms with van der Waals surface area (Å²) >= 11 is 5.69. The van der Waals surface area contributed by atoms with Gasteiger partial charge in [-0.05, 0) is 37.5 Å². The van der Waals surface area contributed by atoms with Gasteiger partial charge >= 0.3 is 0 Å². The third kappa shape index (κ3) is 3.15. The van der Waals surface area contributed by atoms with Gasteiger partial charge in [-0.15, -0.1) is 11.6 Å². The minimum atomic E-state index is -3.55. The van der Waals surface area contributed by atoms with Crippen molar-refractivity contribution in [3.05, 3.63) is 29.1 Å². The molecule has 1 saturated heterocycles. The first-order chi connectivity index (χ1) is 9.46. The lowest BCUT2D eigenvalue weighted by molar-refractivity contribution is 0.423. The molecule has 0 aliphatic carbocycles. The molecule has 0 atom stereocenters. The monoisotopic (exact) mass is 319 g/mol. The average molecular weight is 320 g/mol. The molecular weight excluding hydrogens is 301 g/mol. The van der Waals surface area contributed by atoms with Gasteiger partial charge < -0.3 is 0 Å². The fourth-order valence-corrected chi connectivity index (χ4v) is 4.33. The Balaban J connectivity index is 2.40. The van der Waals surface area contributed by atoms with E-state index in [0.29, 0.717) is 18.7 Å². The summed E-state index contributed by atoms with van der Waals surface area (Å²) in [7, 11) is -3.55. The lowest BCUT2D eigenvalue weighted by Gasteiger charge is -2.20. The van der Waals surface area contributed by atoms with E-state index in [9.17, 15) is 12.8 Å². The fraction of sp³-hybridized carbons (Fsp3) is 0.571. The van der Waals surface area contributed by atoms with Gasteiger partial charge in [0, 0.05) is 18.7 Å². The molecule has 6 heteroatoms. The predicted octanol–water partition coefficient (Wildman–Crippen LogP) is 3.44. The van der Waals surface area contributed by atoms with Gasteiger partial charge in [0.1, 0.15) is 5.82 Å². The quantitative estimate of drug-likeness (QED) is 0.800. The van der Waals surface area contributed by atoms with Crippen LogP contribution in [0.4, 0.5) is 4.39 Å². The summed E-state index contributed by atoms with van der Waals surface area (Å²) in [5.41, 5.74) is 0.552. The molecule has 112 valence electrons. The molecule has 1 fully saturated rings. The average Bonchev–Trinajstić information content (AvgIpc) is 2.71. The molecule has 20 heavy (non-hydrogen) atoms. The molecule has 3 nitrogen and oxygen atoms in total. The van der Waals surface area contributed by atoms with Crippen molar-refractivity contribution >= 4 is 21.6 Å². The van der Waals surface area contributed by atoms with E-state index in [4.69, 9.17) is 11.6 Å². The molecule has 1 aliphatic heterocycles. The van der Waals surface area contributed by atoms with E-state index in [1.807, 2.05) is 0 Å². The van der Waals surface area contributed by atoms with E-state index in [2.05, 4.69) is 0 Å². The van der Waals surface area contributed by atoms with Gasteiger partial charge in [0.25, 0.3) is 0 Å². The number of hydrogen-bond donors (Lipinski definition) is 0. The fourth-order valence-electron chi connectivity index (χ4n) is 2.48. The van der Waals surface area contributed by atoms with Crippen LogP contribution in [0.3, 0.4) is 0 Å². The Labute approximate surface area is 124 Å². The molecule has 1 aromatic carbocycles. The number of rotatable bonds is 3. The van der Waals surface area contributed by atoms with E-state index < -0.39 is 15.8 Å². The Morgan fingerprint density at radius 3 is 2.35 bits per heavy atom. The number of hydrogen-bond acceptors (Lipinski definition) is 2. The highest BCUT2D eigenvalue weighted by Crippen LogP contribution is 2.25. The molecule has 2 rings (SSSR count). The zero-order valence-electron chi connectivity index (χ0n) is 11.5. The van der Waals surface area contributed by atoms with Gasteiger partial charge in [-0.2, -0.15) is 4.31 Å². The van der Waals surface area contributed by atoms with Crippen molar-refractivity contribution in [3.63, 3.8) is 0 Å². The van der Waals surface area contributed by atoms with Crippen molar-refractivity contribution in [1.29, 1.82) is 0 Å². The largest absolute Gasteiger partial charge is 0.243 e. The highest BCUT2D eigenvalue weighted by Gasteiger charge is 2.26. The first kappa shape index (κ1) is 15.7. The number of alkyl halides is 1. The Bertz CT molecular complexity index is 581. The molecule has 1 aliphatic rings. The lowest BCUT2D eigenvalue weighted by Crippen LogP contribution is -2.32. The lowest BCUT2D eigenvalue weighted by atomic mass is 10.1. The summed E-state index contributed by atoms with van der Waals surface area (Å²) in [6.45, 7) is 2.64. The van der Waals surface area contributed by atoms with Gasteiger partial charge in [0.15, 0.2) is 0 Å². The summed E-state index contributed by atoms with van der Waals surface area (Å²) in [5, 5.41) is 0. The van der Waals surface area contributed by atoms with Crippen LogP contribution in [0.1, 0.15) is 36.8 Å². The Morgan fingerprint density at radius 1 is 1.20 bits per heavy atom. The number of nitrogens with zero attached hydrogens (tertiary/aromatic N) is 1. The molecule has 0 aromatic heterocycles. The van der Waals surface area contributed by atoms with E-state index in [1.165, 1.54) is 16.4 Å². The second-order valence-electron chi connectivity index (χ2n) is 5.17. The van der Waals surface area contributed by atoms with E-state index in [0.717, 1.165) is 25.7 Å². The van der Waals surface area contributed by atoms with Gasteiger partial charge in [-0.1, -0.05) is 12.8 Å². The second kappa shape index (κ2) is 6.41. The van der Waals surface area contributed by atoms with E-state index in [1.54, 1.807) is 6.92 Å². The molecule has 0 amide bonds. The third-order valence-corrected chi connectivity index (χ3v) is 5.81. The zero-order valence-corrected chi connectivity index (χ0v) is 13.1. The van der Waals surface area contributed by atoms with Crippen LogP contribution in [-0.4, -0.2) is 25.8 Å².